The highest BCUT2D eigenvalue weighted by Crippen LogP contribution is 2.26. The second-order valence-electron chi connectivity index (χ2n) is 5.25. The van der Waals surface area contributed by atoms with E-state index in [4.69, 9.17) is 20.8 Å². The normalized spacial score (nSPS) is 10.5. The third-order valence-corrected chi connectivity index (χ3v) is 3.61. The quantitative estimate of drug-likeness (QED) is 0.547. The van der Waals surface area contributed by atoms with E-state index in [1.807, 2.05) is 24.3 Å². The maximum absolute atomic E-state index is 5.96. The molecule has 2 aromatic carbocycles. The minimum atomic E-state index is 0.282. The molecular weight excluding hydrogens is 354 g/mol. The van der Waals surface area contributed by atoms with Crippen molar-refractivity contribution in [1.82, 2.24) is 20.2 Å². The summed E-state index contributed by atoms with van der Waals surface area (Å²) in [4.78, 5) is 7.81. The first-order valence-electron chi connectivity index (χ1n) is 7.66. The van der Waals surface area contributed by atoms with Crippen LogP contribution in [0.25, 0.3) is 11.5 Å². The Balaban J connectivity index is 1.47. The third kappa shape index (κ3) is 3.79. The Morgan fingerprint density at radius 1 is 0.923 bits per heavy atom. The van der Waals surface area contributed by atoms with Gasteiger partial charge in [-0.1, -0.05) is 22.8 Å². The number of ether oxygens (including phenoxy) is 1. The molecule has 0 radical (unpaired) electrons. The molecule has 0 amide bonds. The van der Waals surface area contributed by atoms with Gasteiger partial charge in [-0.15, -0.1) is 5.10 Å². The fourth-order valence-electron chi connectivity index (χ4n) is 2.22. The molecule has 0 spiro atoms. The van der Waals surface area contributed by atoms with Crippen LogP contribution in [0.5, 0.6) is 11.5 Å². The molecule has 0 aliphatic carbocycles. The molecule has 4 aromatic rings. The molecule has 0 fully saturated rings. The maximum Gasteiger partial charge on any atom is 0.320 e. The topological polar surface area (TPSA) is 86.0 Å². The van der Waals surface area contributed by atoms with Crippen molar-refractivity contribution in [3.8, 4) is 23.0 Å². The monoisotopic (exact) mass is 365 g/mol. The van der Waals surface area contributed by atoms with E-state index >= 15 is 0 Å². The molecule has 0 bridgehead atoms. The highest BCUT2D eigenvalue weighted by atomic mass is 35.5. The summed E-state index contributed by atoms with van der Waals surface area (Å²) < 4.78 is 11.3. The molecule has 0 unspecified atom stereocenters. The summed E-state index contributed by atoms with van der Waals surface area (Å²) in [5.74, 6) is 1.61. The van der Waals surface area contributed by atoms with Gasteiger partial charge in [0.25, 0.3) is 0 Å². The second kappa shape index (κ2) is 7.20. The van der Waals surface area contributed by atoms with E-state index in [0.29, 0.717) is 22.4 Å². The number of aromatic nitrogens is 4. The summed E-state index contributed by atoms with van der Waals surface area (Å²) in [5, 5.41) is 11.7. The Morgan fingerprint density at radius 3 is 2.50 bits per heavy atom. The van der Waals surface area contributed by atoms with Crippen LogP contribution in [0, 0.1) is 0 Å². The van der Waals surface area contributed by atoms with Gasteiger partial charge in [0.05, 0.1) is 12.4 Å². The number of nitrogens with one attached hydrogen (secondary N) is 1. The zero-order valence-corrected chi connectivity index (χ0v) is 14.1. The Bertz CT molecular complexity index is 1010. The van der Waals surface area contributed by atoms with Gasteiger partial charge < -0.3 is 14.5 Å². The first kappa shape index (κ1) is 16.0. The molecule has 0 aliphatic rings. The highest BCUT2D eigenvalue weighted by molar-refractivity contribution is 6.30. The summed E-state index contributed by atoms with van der Waals surface area (Å²) in [7, 11) is 0. The van der Waals surface area contributed by atoms with Gasteiger partial charge in [0.1, 0.15) is 12.1 Å². The Hall–Kier alpha value is -3.45. The first-order valence-corrected chi connectivity index (χ1v) is 8.03. The molecule has 0 aliphatic heterocycles. The van der Waals surface area contributed by atoms with Crippen LogP contribution in [-0.4, -0.2) is 20.2 Å². The zero-order chi connectivity index (χ0) is 17.8. The summed E-state index contributed by atoms with van der Waals surface area (Å²) in [6.07, 6.45) is 4.62. The van der Waals surface area contributed by atoms with Crippen molar-refractivity contribution in [2.75, 3.05) is 5.32 Å². The lowest BCUT2D eigenvalue weighted by molar-refractivity contribution is 0.477. The molecule has 7 nitrogen and oxygen atoms in total. The van der Waals surface area contributed by atoms with Crippen molar-refractivity contribution < 1.29 is 9.15 Å². The SMILES string of the molecule is Clc1cccc(Nc2nnc(-c3ccc(Oc4cncnc4)cc3)o2)c1. The molecule has 8 heteroatoms. The van der Waals surface area contributed by atoms with Gasteiger partial charge >= 0.3 is 6.01 Å². The standard InChI is InChI=1S/C18H12ClN5O2/c19-13-2-1-3-14(8-13)22-18-24-23-17(26-18)12-4-6-15(7-5-12)25-16-9-20-11-21-10-16/h1-11H,(H,22,24). The predicted octanol–water partition coefficient (Wildman–Crippen LogP) is 4.72. The van der Waals surface area contributed by atoms with Gasteiger partial charge in [-0.2, -0.15) is 0 Å². The Kier molecular flexibility index (Phi) is 4.44. The van der Waals surface area contributed by atoms with Crippen LogP contribution in [0.2, 0.25) is 5.02 Å². The van der Waals surface area contributed by atoms with E-state index in [-0.39, 0.29) is 6.01 Å². The van der Waals surface area contributed by atoms with Gasteiger partial charge in [0.15, 0.2) is 5.75 Å². The molecular formula is C18H12ClN5O2. The van der Waals surface area contributed by atoms with Crippen molar-refractivity contribution in [2.24, 2.45) is 0 Å². The molecule has 0 atom stereocenters. The lowest BCUT2D eigenvalue weighted by atomic mass is 10.2. The maximum atomic E-state index is 5.96. The number of hydrogen-bond acceptors (Lipinski definition) is 7. The van der Waals surface area contributed by atoms with E-state index < -0.39 is 0 Å². The molecule has 1 N–H and O–H groups in total. The Morgan fingerprint density at radius 2 is 1.73 bits per heavy atom. The van der Waals surface area contributed by atoms with Gasteiger partial charge in [0.2, 0.25) is 5.89 Å². The number of anilines is 2. The van der Waals surface area contributed by atoms with E-state index in [2.05, 4.69) is 25.5 Å². The van der Waals surface area contributed by atoms with Crippen LogP contribution in [0.15, 0.2) is 71.7 Å². The molecule has 0 saturated carbocycles. The average molecular weight is 366 g/mol. The van der Waals surface area contributed by atoms with Crippen molar-refractivity contribution in [3.05, 3.63) is 72.3 Å². The number of nitrogens with zero attached hydrogens (tertiary/aromatic N) is 4. The van der Waals surface area contributed by atoms with E-state index in [1.54, 1.807) is 36.7 Å². The molecule has 26 heavy (non-hydrogen) atoms. The van der Waals surface area contributed by atoms with Crippen molar-refractivity contribution >= 4 is 23.3 Å². The zero-order valence-electron chi connectivity index (χ0n) is 13.3. The van der Waals surface area contributed by atoms with E-state index in [1.165, 1.54) is 6.33 Å². The average Bonchev–Trinajstić information content (AvgIpc) is 3.12. The van der Waals surface area contributed by atoms with Crippen LogP contribution in [0.3, 0.4) is 0 Å². The molecule has 128 valence electrons. The van der Waals surface area contributed by atoms with Crippen molar-refractivity contribution in [1.29, 1.82) is 0 Å². The lowest BCUT2D eigenvalue weighted by Crippen LogP contribution is -1.89. The lowest BCUT2D eigenvalue weighted by Gasteiger charge is -2.04. The molecule has 2 heterocycles. The molecule has 2 aromatic heterocycles. The predicted molar refractivity (Wildman–Crippen MR) is 96.6 cm³/mol. The minimum Gasteiger partial charge on any atom is -0.454 e. The van der Waals surface area contributed by atoms with Crippen LogP contribution >= 0.6 is 11.6 Å². The van der Waals surface area contributed by atoms with E-state index in [0.717, 1.165) is 11.3 Å². The van der Waals surface area contributed by atoms with E-state index in [9.17, 15) is 0 Å². The second-order valence-corrected chi connectivity index (χ2v) is 5.68. The number of halogens is 1. The van der Waals surface area contributed by atoms with Gasteiger partial charge in [-0.3, -0.25) is 0 Å². The van der Waals surface area contributed by atoms with Crippen LogP contribution in [0.4, 0.5) is 11.7 Å². The fraction of sp³-hybridized carbons (Fsp3) is 0. The molecule has 4 rings (SSSR count). The summed E-state index contributed by atoms with van der Waals surface area (Å²) >= 11 is 5.96. The van der Waals surface area contributed by atoms with Gasteiger partial charge in [-0.25, -0.2) is 9.97 Å². The van der Waals surface area contributed by atoms with Gasteiger partial charge in [0, 0.05) is 16.3 Å². The third-order valence-electron chi connectivity index (χ3n) is 3.37. The van der Waals surface area contributed by atoms with Gasteiger partial charge in [-0.05, 0) is 42.5 Å². The van der Waals surface area contributed by atoms with Crippen molar-refractivity contribution in [2.45, 2.75) is 0 Å². The highest BCUT2D eigenvalue weighted by Gasteiger charge is 2.09. The van der Waals surface area contributed by atoms with Crippen LogP contribution in [0.1, 0.15) is 0 Å². The minimum absolute atomic E-state index is 0.282. The number of benzene rings is 2. The smallest absolute Gasteiger partial charge is 0.320 e. The number of rotatable bonds is 5. The summed E-state index contributed by atoms with van der Waals surface area (Å²) in [6, 6.07) is 14.8. The van der Waals surface area contributed by atoms with Crippen molar-refractivity contribution in [3.63, 3.8) is 0 Å². The largest absolute Gasteiger partial charge is 0.454 e. The van der Waals surface area contributed by atoms with Crippen LogP contribution in [-0.2, 0) is 0 Å². The first-order chi connectivity index (χ1) is 12.8. The fourth-order valence-corrected chi connectivity index (χ4v) is 2.41. The summed E-state index contributed by atoms with van der Waals surface area (Å²) in [5.41, 5.74) is 1.54. The molecule has 0 saturated heterocycles. The Labute approximate surface area is 153 Å². The number of hydrogen-bond donors (Lipinski definition) is 1. The van der Waals surface area contributed by atoms with Crippen LogP contribution < -0.4 is 10.1 Å². The summed E-state index contributed by atoms with van der Waals surface area (Å²) in [6.45, 7) is 0.